The first kappa shape index (κ1) is 12.5. The Kier molecular flexibility index (Phi) is 3.25. The maximum atomic E-state index is 4.49. The molecule has 0 aliphatic rings. The lowest BCUT2D eigenvalue weighted by atomic mass is 10.1. The van der Waals surface area contributed by atoms with E-state index in [2.05, 4.69) is 40.6 Å². The number of nitrogens with one attached hydrogen (secondary N) is 2. The Bertz CT molecular complexity index is 754. The predicted molar refractivity (Wildman–Crippen MR) is 85.3 cm³/mol. The van der Waals surface area contributed by atoms with Gasteiger partial charge in [0.2, 0.25) is 0 Å². The number of aromatic nitrogens is 1. The van der Waals surface area contributed by atoms with E-state index >= 15 is 0 Å². The zero-order chi connectivity index (χ0) is 13.9. The van der Waals surface area contributed by atoms with Crippen molar-refractivity contribution >= 4 is 22.3 Å². The van der Waals surface area contributed by atoms with Gasteiger partial charge in [-0.25, -0.2) is 0 Å². The normalized spacial score (nSPS) is 11.8. The fraction of sp³-hybridized carbons (Fsp3) is 0.118. The van der Waals surface area contributed by atoms with Crippen LogP contribution in [0.3, 0.4) is 0 Å². The highest BCUT2D eigenvalue weighted by Crippen LogP contribution is 2.22. The van der Waals surface area contributed by atoms with Crippen LogP contribution >= 0.6 is 0 Å². The van der Waals surface area contributed by atoms with Crippen LogP contribution in [0.2, 0.25) is 0 Å². The zero-order valence-corrected chi connectivity index (χ0v) is 11.6. The number of rotatable bonds is 3. The monoisotopic (exact) mass is 263 g/mol. The molecule has 3 heteroatoms. The van der Waals surface area contributed by atoms with E-state index in [0.717, 1.165) is 22.6 Å². The molecule has 100 valence electrons. The van der Waals surface area contributed by atoms with E-state index in [9.17, 15) is 0 Å². The van der Waals surface area contributed by atoms with Crippen molar-refractivity contribution in [3.63, 3.8) is 0 Å². The molecule has 0 aliphatic heterocycles. The number of nitrogens with zero attached hydrogens (tertiary/aromatic N) is 1. The van der Waals surface area contributed by atoms with Gasteiger partial charge >= 0.3 is 0 Å². The largest absolute Gasteiger partial charge is 0.358 e. The molecule has 0 amide bonds. The second kappa shape index (κ2) is 5.21. The third-order valence-corrected chi connectivity index (χ3v) is 3.38. The number of para-hydroxylation sites is 2. The van der Waals surface area contributed by atoms with E-state index in [1.54, 1.807) is 0 Å². The minimum atomic E-state index is 0.976. The van der Waals surface area contributed by atoms with Crippen LogP contribution < -0.4 is 5.43 Å². The van der Waals surface area contributed by atoms with Gasteiger partial charge in [0.05, 0.1) is 11.4 Å². The summed E-state index contributed by atoms with van der Waals surface area (Å²) < 4.78 is 0. The van der Waals surface area contributed by atoms with Gasteiger partial charge in [0, 0.05) is 22.2 Å². The SMILES string of the molecule is C/C(=N\Nc1ccccc1)c1c(C)[nH]c2ccccc12. The maximum absolute atomic E-state index is 4.49. The first-order chi connectivity index (χ1) is 9.75. The van der Waals surface area contributed by atoms with Crippen molar-refractivity contribution in [2.45, 2.75) is 13.8 Å². The first-order valence-electron chi connectivity index (χ1n) is 6.69. The van der Waals surface area contributed by atoms with Crippen LogP contribution in [-0.4, -0.2) is 10.7 Å². The van der Waals surface area contributed by atoms with E-state index in [0.29, 0.717) is 0 Å². The summed E-state index contributed by atoms with van der Waals surface area (Å²) in [5.41, 5.74) is 8.52. The number of hydrogen-bond donors (Lipinski definition) is 2. The summed E-state index contributed by atoms with van der Waals surface area (Å²) in [6, 6.07) is 18.3. The van der Waals surface area contributed by atoms with Crippen LogP contribution in [0.4, 0.5) is 5.69 Å². The van der Waals surface area contributed by atoms with Gasteiger partial charge in [-0.3, -0.25) is 5.43 Å². The number of fused-ring (bicyclic) bond motifs is 1. The van der Waals surface area contributed by atoms with Gasteiger partial charge in [0.15, 0.2) is 0 Å². The standard InChI is InChI=1S/C17H17N3/c1-12-17(15-10-6-7-11-16(15)18-12)13(2)19-20-14-8-4-3-5-9-14/h3-11,18,20H,1-2H3/b19-13+. The van der Waals surface area contributed by atoms with E-state index in [4.69, 9.17) is 0 Å². The van der Waals surface area contributed by atoms with Crippen molar-refractivity contribution in [3.05, 3.63) is 65.9 Å². The van der Waals surface area contributed by atoms with Gasteiger partial charge < -0.3 is 4.98 Å². The summed E-state index contributed by atoms with van der Waals surface area (Å²) in [5.74, 6) is 0. The average molecular weight is 263 g/mol. The van der Waals surface area contributed by atoms with Crippen LogP contribution in [-0.2, 0) is 0 Å². The molecule has 1 heterocycles. The Labute approximate surface area is 118 Å². The Balaban J connectivity index is 1.96. The van der Waals surface area contributed by atoms with Gasteiger partial charge in [-0.1, -0.05) is 36.4 Å². The number of hydrogen-bond acceptors (Lipinski definition) is 2. The van der Waals surface area contributed by atoms with Crippen LogP contribution in [0.5, 0.6) is 0 Å². The van der Waals surface area contributed by atoms with E-state index in [1.807, 2.05) is 43.3 Å². The summed E-state index contributed by atoms with van der Waals surface area (Å²) >= 11 is 0. The summed E-state index contributed by atoms with van der Waals surface area (Å²) in [7, 11) is 0. The molecule has 20 heavy (non-hydrogen) atoms. The summed E-state index contributed by atoms with van der Waals surface area (Å²) in [6.07, 6.45) is 0. The number of aromatic amines is 1. The molecule has 0 radical (unpaired) electrons. The molecule has 3 nitrogen and oxygen atoms in total. The van der Waals surface area contributed by atoms with E-state index < -0.39 is 0 Å². The average Bonchev–Trinajstić information content (AvgIpc) is 2.82. The third-order valence-electron chi connectivity index (χ3n) is 3.38. The molecule has 0 saturated heterocycles. The highest BCUT2D eigenvalue weighted by atomic mass is 15.3. The fourth-order valence-electron chi connectivity index (χ4n) is 2.46. The molecule has 0 aliphatic carbocycles. The highest BCUT2D eigenvalue weighted by molar-refractivity contribution is 6.11. The molecule has 0 saturated carbocycles. The number of benzene rings is 2. The van der Waals surface area contributed by atoms with Crippen molar-refractivity contribution in [3.8, 4) is 0 Å². The Hall–Kier alpha value is -2.55. The lowest BCUT2D eigenvalue weighted by Crippen LogP contribution is -2.00. The van der Waals surface area contributed by atoms with E-state index in [-0.39, 0.29) is 0 Å². The van der Waals surface area contributed by atoms with Gasteiger partial charge in [-0.2, -0.15) is 5.10 Å². The minimum absolute atomic E-state index is 0.976. The van der Waals surface area contributed by atoms with Crippen molar-refractivity contribution in [1.29, 1.82) is 0 Å². The van der Waals surface area contributed by atoms with Gasteiger partial charge in [-0.15, -0.1) is 0 Å². The van der Waals surface area contributed by atoms with Crippen LogP contribution in [0, 0.1) is 6.92 Å². The highest BCUT2D eigenvalue weighted by Gasteiger charge is 2.10. The predicted octanol–water partition coefficient (Wildman–Crippen LogP) is 4.31. The fourth-order valence-corrected chi connectivity index (χ4v) is 2.46. The van der Waals surface area contributed by atoms with Gasteiger partial charge in [-0.05, 0) is 32.0 Å². The minimum Gasteiger partial charge on any atom is -0.358 e. The number of hydrazone groups is 1. The van der Waals surface area contributed by atoms with Crippen LogP contribution in [0.15, 0.2) is 59.7 Å². The smallest absolute Gasteiger partial charge is 0.0672 e. The van der Waals surface area contributed by atoms with Crippen LogP contribution in [0.25, 0.3) is 10.9 Å². The summed E-state index contributed by atoms with van der Waals surface area (Å²) in [4.78, 5) is 3.40. The molecule has 2 aromatic carbocycles. The zero-order valence-electron chi connectivity index (χ0n) is 11.6. The second-order valence-corrected chi connectivity index (χ2v) is 4.85. The molecule has 0 unspecified atom stereocenters. The number of anilines is 1. The molecular weight excluding hydrogens is 246 g/mol. The first-order valence-corrected chi connectivity index (χ1v) is 6.69. The van der Waals surface area contributed by atoms with Crippen LogP contribution in [0.1, 0.15) is 18.2 Å². The van der Waals surface area contributed by atoms with Crippen molar-refractivity contribution < 1.29 is 0 Å². The molecule has 0 spiro atoms. The van der Waals surface area contributed by atoms with Crippen molar-refractivity contribution in [2.24, 2.45) is 5.10 Å². The molecule has 3 rings (SSSR count). The molecule has 0 bridgehead atoms. The van der Waals surface area contributed by atoms with Gasteiger partial charge in [0.25, 0.3) is 0 Å². The molecular formula is C17H17N3. The Morgan fingerprint density at radius 3 is 2.50 bits per heavy atom. The quantitative estimate of drug-likeness (QED) is 0.536. The van der Waals surface area contributed by atoms with Crippen molar-refractivity contribution in [2.75, 3.05) is 5.43 Å². The second-order valence-electron chi connectivity index (χ2n) is 4.85. The molecule has 3 aromatic rings. The van der Waals surface area contributed by atoms with E-state index in [1.165, 1.54) is 10.9 Å². The third kappa shape index (κ3) is 2.30. The Morgan fingerprint density at radius 1 is 1.00 bits per heavy atom. The number of aryl methyl sites for hydroxylation is 1. The lowest BCUT2D eigenvalue weighted by Gasteiger charge is -2.04. The molecule has 0 fully saturated rings. The lowest BCUT2D eigenvalue weighted by molar-refractivity contribution is 1.27. The topological polar surface area (TPSA) is 40.2 Å². The summed E-state index contributed by atoms with van der Waals surface area (Å²) in [5, 5.41) is 5.70. The Morgan fingerprint density at radius 2 is 1.70 bits per heavy atom. The maximum Gasteiger partial charge on any atom is 0.0672 e. The van der Waals surface area contributed by atoms with Gasteiger partial charge in [0.1, 0.15) is 0 Å². The summed E-state index contributed by atoms with van der Waals surface area (Å²) in [6.45, 7) is 4.11. The molecule has 2 N–H and O–H groups in total. The molecule has 0 atom stereocenters. The van der Waals surface area contributed by atoms with Crippen molar-refractivity contribution in [1.82, 2.24) is 4.98 Å². The molecule has 1 aromatic heterocycles. The number of H-pyrrole nitrogens is 1.